The van der Waals surface area contributed by atoms with E-state index in [0.717, 1.165) is 0 Å². The zero-order valence-electron chi connectivity index (χ0n) is 13.9. The summed E-state index contributed by atoms with van der Waals surface area (Å²) < 4.78 is 10.5. The Hall–Kier alpha value is -2.22. The van der Waals surface area contributed by atoms with Crippen molar-refractivity contribution < 1.29 is 19.4 Å². The summed E-state index contributed by atoms with van der Waals surface area (Å²) in [5, 5.41) is 10.3. The van der Waals surface area contributed by atoms with Gasteiger partial charge in [-0.15, -0.1) is 0 Å². The van der Waals surface area contributed by atoms with Crippen LogP contribution in [0.25, 0.3) is 6.08 Å². The Morgan fingerprint density at radius 1 is 1.15 bits per heavy atom. The van der Waals surface area contributed by atoms with Gasteiger partial charge in [-0.25, -0.2) is 0 Å². The third kappa shape index (κ3) is 3.51. The fourth-order valence-electron chi connectivity index (χ4n) is 2.43. The first-order chi connectivity index (χ1) is 12.4. The Bertz CT molecular complexity index is 929. The van der Waals surface area contributed by atoms with Crippen LogP contribution >= 0.6 is 35.6 Å². The molecule has 1 heterocycles. The highest BCUT2D eigenvalue weighted by atomic mass is 35.5. The normalized spacial score (nSPS) is 15.7. The maximum Gasteiger partial charge on any atom is 0.270 e. The van der Waals surface area contributed by atoms with Gasteiger partial charge in [0, 0.05) is 0 Å². The van der Waals surface area contributed by atoms with Crippen molar-refractivity contribution in [1.82, 2.24) is 0 Å². The molecule has 0 saturated carbocycles. The number of carbonyl (C=O) groups is 1. The number of thioether (sulfide) groups is 1. The summed E-state index contributed by atoms with van der Waals surface area (Å²) in [7, 11) is 2.99. The number of anilines is 1. The first-order valence-corrected chi connectivity index (χ1v) is 9.03. The molecule has 26 heavy (non-hydrogen) atoms. The quantitative estimate of drug-likeness (QED) is 0.596. The van der Waals surface area contributed by atoms with Crippen molar-refractivity contribution in [1.29, 1.82) is 0 Å². The Labute approximate surface area is 165 Å². The second kappa shape index (κ2) is 7.57. The number of nitrogens with zero attached hydrogens (tertiary/aromatic N) is 1. The molecule has 0 aromatic heterocycles. The molecule has 0 unspecified atom stereocenters. The van der Waals surface area contributed by atoms with Crippen LogP contribution in [-0.2, 0) is 4.79 Å². The van der Waals surface area contributed by atoms with Gasteiger partial charge in [0.05, 0.1) is 29.8 Å². The molecule has 0 spiro atoms. The van der Waals surface area contributed by atoms with Crippen molar-refractivity contribution in [2.75, 3.05) is 19.1 Å². The number of phenolic OH excluding ortho intramolecular Hbond substituents is 1. The van der Waals surface area contributed by atoms with E-state index in [4.69, 9.17) is 33.3 Å². The zero-order chi connectivity index (χ0) is 18.8. The van der Waals surface area contributed by atoms with Crippen molar-refractivity contribution in [3.05, 3.63) is 51.9 Å². The summed E-state index contributed by atoms with van der Waals surface area (Å²) in [5.74, 6) is 0.628. The van der Waals surface area contributed by atoms with E-state index in [9.17, 15) is 9.90 Å². The Morgan fingerprint density at radius 3 is 2.46 bits per heavy atom. The molecule has 3 rings (SSSR count). The molecule has 2 aromatic rings. The SMILES string of the molecule is COc1ccc(/C=C2/SC(=S)N(c3ccc(OC)c(Cl)c3)C2=O)cc1O. The average Bonchev–Trinajstić information content (AvgIpc) is 2.88. The van der Waals surface area contributed by atoms with E-state index >= 15 is 0 Å². The maximum atomic E-state index is 12.8. The summed E-state index contributed by atoms with van der Waals surface area (Å²) in [4.78, 5) is 14.6. The van der Waals surface area contributed by atoms with Gasteiger partial charge in [0.15, 0.2) is 15.8 Å². The Morgan fingerprint density at radius 2 is 1.85 bits per heavy atom. The molecule has 134 valence electrons. The van der Waals surface area contributed by atoms with E-state index in [-0.39, 0.29) is 11.7 Å². The van der Waals surface area contributed by atoms with Crippen LogP contribution in [0.5, 0.6) is 17.2 Å². The van der Waals surface area contributed by atoms with Gasteiger partial charge in [0.25, 0.3) is 5.91 Å². The van der Waals surface area contributed by atoms with Crippen LogP contribution in [0.2, 0.25) is 5.02 Å². The predicted octanol–water partition coefficient (Wildman–Crippen LogP) is 4.47. The largest absolute Gasteiger partial charge is 0.504 e. The van der Waals surface area contributed by atoms with Gasteiger partial charge in [-0.2, -0.15) is 0 Å². The van der Waals surface area contributed by atoms with Gasteiger partial charge < -0.3 is 14.6 Å². The number of hydrogen-bond acceptors (Lipinski definition) is 6. The Balaban J connectivity index is 1.91. The molecule has 1 fully saturated rings. The zero-order valence-corrected chi connectivity index (χ0v) is 16.2. The van der Waals surface area contributed by atoms with Gasteiger partial charge in [0.1, 0.15) is 5.75 Å². The number of rotatable bonds is 4. The molecule has 0 bridgehead atoms. The highest BCUT2D eigenvalue weighted by Crippen LogP contribution is 2.39. The number of phenols is 1. The van der Waals surface area contributed by atoms with Crippen LogP contribution in [0.1, 0.15) is 5.56 Å². The highest BCUT2D eigenvalue weighted by Gasteiger charge is 2.33. The smallest absolute Gasteiger partial charge is 0.270 e. The van der Waals surface area contributed by atoms with Gasteiger partial charge in [0.2, 0.25) is 0 Å². The molecular formula is C18H14ClNO4S2. The number of aromatic hydroxyl groups is 1. The molecule has 8 heteroatoms. The summed E-state index contributed by atoms with van der Waals surface area (Å²) in [5.41, 5.74) is 1.23. The number of benzene rings is 2. The molecule has 1 amide bonds. The van der Waals surface area contributed by atoms with Crippen LogP contribution in [0.3, 0.4) is 0 Å². The minimum absolute atomic E-state index is 0.00124. The van der Waals surface area contributed by atoms with E-state index < -0.39 is 0 Å². The fourth-order valence-corrected chi connectivity index (χ4v) is 3.98. The number of amides is 1. The number of carbonyl (C=O) groups excluding carboxylic acids is 1. The van der Waals surface area contributed by atoms with Gasteiger partial charge in [-0.3, -0.25) is 9.69 Å². The molecule has 0 atom stereocenters. The van der Waals surface area contributed by atoms with E-state index in [1.165, 1.54) is 36.9 Å². The second-order valence-corrected chi connectivity index (χ2v) is 7.35. The van der Waals surface area contributed by atoms with Crippen molar-refractivity contribution >= 4 is 57.6 Å². The lowest BCUT2D eigenvalue weighted by Gasteiger charge is -2.15. The first-order valence-electron chi connectivity index (χ1n) is 7.43. The van der Waals surface area contributed by atoms with Gasteiger partial charge in [-0.1, -0.05) is 41.6 Å². The lowest BCUT2D eigenvalue weighted by molar-refractivity contribution is -0.113. The number of thiocarbonyl (C=S) groups is 1. The van der Waals surface area contributed by atoms with Crippen molar-refractivity contribution in [3.63, 3.8) is 0 Å². The molecule has 1 saturated heterocycles. The molecule has 1 aliphatic rings. The van der Waals surface area contributed by atoms with Crippen LogP contribution in [0.4, 0.5) is 5.69 Å². The number of methoxy groups -OCH3 is 2. The Kier molecular flexibility index (Phi) is 5.41. The molecule has 0 radical (unpaired) electrons. The minimum atomic E-state index is -0.253. The van der Waals surface area contributed by atoms with Crippen LogP contribution < -0.4 is 14.4 Å². The van der Waals surface area contributed by atoms with E-state index in [1.807, 2.05) is 0 Å². The van der Waals surface area contributed by atoms with Crippen molar-refractivity contribution in [3.8, 4) is 17.2 Å². The molecule has 5 nitrogen and oxygen atoms in total. The average molecular weight is 408 g/mol. The van der Waals surface area contributed by atoms with Crippen LogP contribution in [-0.4, -0.2) is 29.6 Å². The summed E-state index contributed by atoms with van der Waals surface area (Å²) >= 11 is 12.7. The molecule has 1 aliphatic heterocycles. The summed E-state index contributed by atoms with van der Waals surface area (Å²) in [6, 6.07) is 9.93. The molecular weight excluding hydrogens is 394 g/mol. The van der Waals surface area contributed by atoms with E-state index in [0.29, 0.717) is 37.0 Å². The maximum absolute atomic E-state index is 12.8. The van der Waals surface area contributed by atoms with Crippen molar-refractivity contribution in [2.24, 2.45) is 0 Å². The van der Waals surface area contributed by atoms with Crippen molar-refractivity contribution in [2.45, 2.75) is 0 Å². The first kappa shape index (κ1) is 18.6. The van der Waals surface area contributed by atoms with E-state index in [2.05, 4.69) is 0 Å². The standard InChI is InChI=1S/C18H14ClNO4S2/c1-23-14-6-4-11(9-12(14)19)20-17(22)16(26-18(20)25)8-10-3-5-15(24-2)13(21)7-10/h3-9,21H,1-2H3/b16-8+. The molecule has 0 aliphatic carbocycles. The lowest BCUT2D eigenvalue weighted by Crippen LogP contribution is -2.27. The highest BCUT2D eigenvalue weighted by molar-refractivity contribution is 8.27. The molecule has 2 aromatic carbocycles. The number of ether oxygens (including phenoxy) is 2. The summed E-state index contributed by atoms with van der Waals surface area (Å²) in [6.07, 6.45) is 1.67. The van der Waals surface area contributed by atoms with Crippen LogP contribution in [0.15, 0.2) is 41.3 Å². The lowest BCUT2D eigenvalue weighted by atomic mass is 10.2. The topological polar surface area (TPSA) is 59.0 Å². The van der Waals surface area contributed by atoms with Gasteiger partial charge >= 0.3 is 0 Å². The van der Waals surface area contributed by atoms with E-state index in [1.54, 1.807) is 36.4 Å². The van der Waals surface area contributed by atoms with Crippen LogP contribution in [0, 0.1) is 0 Å². The predicted molar refractivity (Wildman–Crippen MR) is 108 cm³/mol. The molecule has 1 N–H and O–H groups in total. The third-order valence-corrected chi connectivity index (χ3v) is 5.29. The third-order valence-electron chi connectivity index (χ3n) is 3.69. The number of halogens is 1. The monoisotopic (exact) mass is 407 g/mol. The fraction of sp³-hybridized carbons (Fsp3) is 0.111. The second-order valence-electron chi connectivity index (χ2n) is 5.27. The van der Waals surface area contributed by atoms with Gasteiger partial charge in [-0.05, 0) is 42.0 Å². The minimum Gasteiger partial charge on any atom is -0.504 e. The summed E-state index contributed by atoms with van der Waals surface area (Å²) in [6.45, 7) is 0. The number of hydrogen-bond donors (Lipinski definition) is 1.